The number of hydrogen-bond donors (Lipinski definition) is 1. The minimum absolute atomic E-state index is 0.0147. The molecular formula is C32H34N2O5. The lowest BCUT2D eigenvalue weighted by Crippen LogP contribution is -2.21. The molecule has 0 saturated carbocycles. The fourth-order valence-electron chi connectivity index (χ4n) is 4.42. The van der Waals surface area contributed by atoms with Crippen LogP contribution in [0.2, 0.25) is 0 Å². The Balaban J connectivity index is 1.48. The minimum atomic E-state index is -0.551. The predicted molar refractivity (Wildman–Crippen MR) is 149 cm³/mol. The highest BCUT2D eigenvalue weighted by molar-refractivity contribution is 5.74. The molecule has 0 amide bonds. The molecule has 0 bridgehead atoms. The molecule has 0 spiro atoms. The first-order chi connectivity index (χ1) is 18.9. The van der Waals surface area contributed by atoms with E-state index in [2.05, 4.69) is 26.8 Å². The molecule has 1 atom stereocenters. The molecule has 3 aromatic carbocycles. The smallest absolute Gasteiger partial charge is 0.349 e. The zero-order valence-electron chi connectivity index (χ0n) is 22.6. The van der Waals surface area contributed by atoms with E-state index in [4.69, 9.17) is 24.7 Å². The molecule has 0 saturated heterocycles. The van der Waals surface area contributed by atoms with Gasteiger partial charge in [-0.2, -0.15) is 5.26 Å². The Labute approximate surface area is 229 Å². The van der Waals surface area contributed by atoms with Gasteiger partial charge in [-0.1, -0.05) is 63.9 Å². The number of carbonyl (C=O) groups is 1. The summed E-state index contributed by atoms with van der Waals surface area (Å²) in [5.41, 5.74) is 9.25. The molecule has 39 heavy (non-hydrogen) atoms. The minimum Gasteiger partial charge on any atom is -0.494 e. The summed E-state index contributed by atoms with van der Waals surface area (Å²) >= 11 is 0. The molecule has 4 rings (SSSR count). The second-order valence-electron chi connectivity index (χ2n) is 9.74. The number of ether oxygens (including phenoxy) is 4. The Hall–Kier alpha value is -4.44. The van der Waals surface area contributed by atoms with E-state index in [1.807, 2.05) is 48.5 Å². The Morgan fingerprint density at radius 1 is 1.00 bits per heavy atom. The van der Waals surface area contributed by atoms with Gasteiger partial charge in [0.2, 0.25) is 5.88 Å². The average molecular weight is 527 g/mol. The molecule has 0 fully saturated rings. The molecule has 7 heteroatoms. The van der Waals surface area contributed by atoms with Crippen LogP contribution in [0.3, 0.4) is 0 Å². The number of fused-ring (bicyclic) bond motifs is 1. The van der Waals surface area contributed by atoms with Crippen LogP contribution in [0, 0.1) is 11.3 Å². The number of rotatable bonds is 11. The maximum absolute atomic E-state index is 12.5. The van der Waals surface area contributed by atoms with E-state index in [9.17, 15) is 10.1 Å². The first-order valence-electron chi connectivity index (χ1n) is 13.3. The zero-order valence-corrected chi connectivity index (χ0v) is 22.6. The summed E-state index contributed by atoms with van der Waals surface area (Å²) in [5, 5.41) is 9.87. The van der Waals surface area contributed by atoms with Crippen LogP contribution in [0.5, 0.6) is 23.0 Å². The molecular weight excluding hydrogens is 492 g/mol. The van der Waals surface area contributed by atoms with E-state index in [1.165, 1.54) is 5.56 Å². The standard InChI is InChI=1S/C32H34N2O5/c1-4-5-6-16-36-25-9-7-8-23(17-25)31-27-15-14-26(18-29(27)39-32(34)28(31)19-33)38-30(35)20-37-24-12-10-22(11-13-24)21(2)3/h7-15,17-18,21,31H,4-6,16,20,34H2,1-3H3. The van der Waals surface area contributed by atoms with Crippen LogP contribution in [0.1, 0.15) is 68.6 Å². The van der Waals surface area contributed by atoms with Crippen LogP contribution in [0.15, 0.2) is 78.2 Å². The Bertz CT molecular complexity index is 1370. The first-order valence-corrected chi connectivity index (χ1v) is 13.3. The quantitative estimate of drug-likeness (QED) is 0.171. The van der Waals surface area contributed by atoms with Crippen molar-refractivity contribution in [2.75, 3.05) is 13.2 Å². The highest BCUT2D eigenvalue weighted by atomic mass is 16.6. The van der Waals surface area contributed by atoms with Crippen molar-refractivity contribution in [3.05, 3.63) is 94.9 Å². The number of hydrogen-bond acceptors (Lipinski definition) is 7. The first kappa shape index (κ1) is 27.6. The third-order valence-electron chi connectivity index (χ3n) is 6.53. The van der Waals surface area contributed by atoms with Crippen molar-refractivity contribution in [2.45, 2.75) is 51.9 Å². The van der Waals surface area contributed by atoms with Gasteiger partial charge in [-0.25, -0.2) is 4.79 Å². The number of nitriles is 1. The summed E-state index contributed by atoms with van der Waals surface area (Å²) in [6.07, 6.45) is 3.21. The van der Waals surface area contributed by atoms with Gasteiger partial charge in [0, 0.05) is 11.6 Å². The third kappa shape index (κ3) is 6.91. The lowest BCUT2D eigenvalue weighted by atomic mass is 9.83. The molecule has 0 aromatic heterocycles. The van der Waals surface area contributed by atoms with Gasteiger partial charge in [0.15, 0.2) is 6.61 Å². The predicted octanol–water partition coefficient (Wildman–Crippen LogP) is 6.58. The topological polar surface area (TPSA) is 104 Å². The van der Waals surface area contributed by atoms with Crippen LogP contribution in [0.25, 0.3) is 0 Å². The van der Waals surface area contributed by atoms with Gasteiger partial charge in [-0.15, -0.1) is 0 Å². The van der Waals surface area contributed by atoms with Gasteiger partial charge in [0.1, 0.15) is 34.6 Å². The summed E-state index contributed by atoms with van der Waals surface area (Å²) in [4.78, 5) is 12.5. The second-order valence-corrected chi connectivity index (χ2v) is 9.74. The molecule has 0 aliphatic carbocycles. The van der Waals surface area contributed by atoms with Crippen LogP contribution >= 0.6 is 0 Å². The molecule has 7 nitrogen and oxygen atoms in total. The molecule has 1 heterocycles. The van der Waals surface area contributed by atoms with Crippen molar-refractivity contribution in [3.63, 3.8) is 0 Å². The van der Waals surface area contributed by atoms with Crippen molar-refractivity contribution in [1.82, 2.24) is 0 Å². The van der Waals surface area contributed by atoms with Crippen LogP contribution in [-0.2, 0) is 4.79 Å². The summed E-state index contributed by atoms with van der Waals surface area (Å²) in [5.74, 6) is 1.46. The lowest BCUT2D eigenvalue weighted by Gasteiger charge is -2.27. The Kier molecular flexibility index (Phi) is 9.11. The zero-order chi connectivity index (χ0) is 27.8. The van der Waals surface area contributed by atoms with Crippen molar-refractivity contribution in [3.8, 4) is 29.1 Å². The van der Waals surface area contributed by atoms with E-state index >= 15 is 0 Å². The second kappa shape index (κ2) is 12.9. The van der Waals surface area contributed by atoms with Gasteiger partial charge in [0.05, 0.1) is 12.5 Å². The number of benzene rings is 3. The van der Waals surface area contributed by atoms with Gasteiger partial charge in [-0.05, 0) is 53.8 Å². The number of allylic oxidation sites excluding steroid dienone is 1. The van der Waals surface area contributed by atoms with Gasteiger partial charge in [-0.3, -0.25) is 0 Å². The number of carbonyl (C=O) groups excluding carboxylic acids is 1. The molecule has 1 aliphatic rings. The molecule has 202 valence electrons. The molecule has 0 radical (unpaired) electrons. The summed E-state index contributed by atoms with van der Waals surface area (Å²) < 4.78 is 22.8. The monoisotopic (exact) mass is 526 g/mol. The largest absolute Gasteiger partial charge is 0.494 e. The Morgan fingerprint density at radius 3 is 2.49 bits per heavy atom. The van der Waals surface area contributed by atoms with Crippen LogP contribution in [0.4, 0.5) is 0 Å². The van der Waals surface area contributed by atoms with E-state index in [1.54, 1.807) is 18.2 Å². The number of nitrogens with two attached hydrogens (primary N) is 1. The van der Waals surface area contributed by atoms with Crippen LogP contribution in [-0.4, -0.2) is 19.2 Å². The fourth-order valence-corrected chi connectivity index (χ4v) is 4.42. The fraction of sp³-hybridized carbons (Fsp3) is 0.312. The lowest BCUT2D eigenvalue weighted by molar-refractivity contribution is -0.136. The number of nitrogens with zero attached hydrogens (tertiary/aromatic N) is 1. The van der Waals surface area contributed by atoms with Crippen molar-refractivity contribution in [2.24, 2.45) is 5.73 Å². The SMILES string of the molecule is CCCCCOc1cccc(C2C(C#N)=C(N)Oc3cc(OC(=O)COc4ccc(C(C)C)cc4)ccc32)c1. The van der Waals surface area contributed by atoms with Crippen molar-refractivity contribution in [1.29, 1.82) is 5.26 Å². The van der Waals surface area contributed by atoms with E-state index in [-0.39, 0.29) is 18.2 Å². The van der Waals surface area contributed by atoms with Crippen molar-refractivity contribution < 1.29 is 23.7 Å². The highest BCUT2D eigenvalue weighted by Crippen LogP contribution is 2.44. The number of unbranched alkanes of at least 4 members (excludes halogenated alkanes) is 2. The van der Waals surface area contributed by atoms with Crippen molar-refractivity contribution >= 4 is 5.97 Å². The maximum atomic E-state index is 12.5. The van der Waals surface area contributed by atoms with Gasteiger partial charge >= 0.3 is 5.97 Å². The van der Waals surface area contributed by atoms with Gasteiger partial charge in [0.25, 0.3) is 0 Å². The summed E-state index contributed by atoms with van der Waals surface area (Å²) in [6.45, 7) is 6.77. The normalized spacial score (nSPS) is 14.3. The van der Waals surface area contributed by atoms with E-state index in [0.717, 1.165) is 36.1 Å². The summed E-state index contributed by atoms with van der Waals surface area (Å²) in [7, 11) is 0. The Morgan fingerprint density at radius 2 is 1.77 bits per heavy atom. The molecule has 3 aromatic rings. The van der Waals surface area contributed by atoms with E-state index < -0.39 is 11.9 Å². The molecule has 1 unspecified atom stereocenters. The molecule has 2 N–H and O–H groups in total. The summed E-state index contributed by atoms with van der Waals surface area (Å²) in [6, 6.07) is 22.5. The van der Waals surface area contributed by atoms with E-state index in [0.29, 0.717) is 29.6 Å². The number of esters is 1. The average Bonchev–Trinajstić information content (AvgIpc) is 2.94. The molecule has 1 aliphatic heterocycles. The maximum Gasteiger partial charge on any atom is 0.349 e. The van der Waals surface area contributed by atoms with Gasteiger partial charge < -0.3 is 24.7 Å². The third-order valence-corrected chi connectivity index (χ3v) is 6.53. The highest BCUT2D eigenvalue weighted by Gasteiger charge is 2.31. The van der Waals surface area contributed by atoms with Crippen LogP contribution < -0.4 is 24.7 Å².